The monoisotopic (exact) mass is 378 g/mol. The topological polar surface area (TPSA) is 77.8 Å². The number of hydrogen-bond acceptors (Lipinski definition) is 7. The maximum atomic E-state index is 5.81. The highest BCUT2D eigenvalue weighted by Crippen LogP contribution is 2.35. The first-order valence-corrected chi connectivity index (χ1v) is 9.44. The van der Waals surface area contributed by atoms with Crippen LogP contribution in [-0.4, -0.2) is 20.4 Å². The number of benzene rings is 2. The number of rotatable bonds is 5. The van der Waals surface area contributed by atoms with Crippen LogP contribution in [0.2, 0.25) is 0 Å². The molecule has 0 bridgehead atoms. The molecule has 2 aromatic carbocycles. The molecule has 27 heavy (non-hydrogen) atoms. The summed E-state index contributed by atoms with van der Waals surface area (Å²) in [4.78, 5) is 0. The molecule has 7 heteroatoms. The summed E-state index contributed by atoms with van der Waals surface area (Å²) in [5, 5.41) is 16.9. The highest BCUT2D eigenvalue weighted by molar-refractivity contribution is 7.99. The van der Waals surface area contributed by atoms with E-state index in [1.54, 1.807) is 0 Å². The lowest BCUT2D eigenvalue weighted by atomic mass is 10.1. The zero-order chi connectivity index (χ0) is 18.8. The molecule has 0 N–H and O–H groups in total. The van der Waals surface area contributed by atoms with Crippen LogP contribution in [-0.2, 0) is 0 Å². The van der Waals surface area contributed by atoms with Crippen molar-refractivity contribution in [2.45, 2.75) is 31.2 Å². The van der Waals surface area contributed by atoms with Gasteiger partial charge in [-0.1, -0.05) is 47.2 Å². The van der Waals surface area contributed by atoms with Crippen LogP contribution in [0.15, 0.2) is 62.6 Å². The lowest BCUT2D eigenvalue weighted by molar-refractivity contribution is 0.461. The number of hydrogen-bond donors (Lipinski definition) is 0. The van der Waals surface area contributed by atoms with Crippen molar-refractivity contribution in [3.8, 4) is 22.9 Å². The number of nitrogens with zero attached hydrogens (tertiary/aromatic N) is 4. The van der Waals surface area contributed by atoms with Gasteiger partial charge in [-0.05, 0) is 45.0 Å². The van der Waals surface area contributed by atoms with Gasteiger partial charge in [-0.25, -0.2) is 0 Å². The van der Waals surface area contributed by atoms with Crippen LogP contribution in [0.4, 0.5) is 0 Å². The molecule has 0 spiro atoms. The minimum atomic E-state index is -0.109. The quantitative estimate of drug-likeness (QED) is 0.438. The van der Waals surface area contributed by atoms with Crippen LogP contribution in [0.3, 0.4) is 0 Å². The van der Waals surface area contributed by atoms with E-state index in [0.717, 1.165) is 22.3 Å². The summed E-state index contributed by atoms with van der Waals surface area (Å²) in [7, 11) is 0. The second-order valence-electron chi connectivity index (χ2n) is 6.32. The molecule has 2 aromatic heterocycles. The highest BCUT2D eigenvalue weighted by atomic mass is 32.2. The third-order valence-corrected chi connectivity index (χ3v) is 4.88. The van der Waals surface area contributed by atoms with Gasteiger partial charge in [0.25, 0.3) is 5.22 Å². The average Bonchev–Trinajstić information content (AvgIpc) is 3.31. The van der Waals surface area contributed by atoms with E-state index in [4.69, 9.17) is 8.83 Å². The van der Waals surface area contributed by atoms with Crippen LogP contribution < -0.4 is 0 Å². The fourth-order valence-electron chi connectivity index (χ4n) is 2.77. The van der Waals surface area contributed by atoms with Gasteiger partial charge in [0, 0.05) is 11.1 Å². The third-order valence-electron chi connectivity index (χ3n) is 3.96. The molecule has 1 atom stereocenters. The Labute approximate surface area is 161 Å². The van der Waals surface area contributed by atoms with Gasteiger partial charge >= 0.3 is 0 Å². The Kier molecular flexibility index (Phi) is 4.77. The molecule has 0 radical (unpaired) electrons. The largest absolute Gasteiger partial charge is 0.419 e. The van der Waals surface area contributed by atoms with Gasteiger partial charge in [0.05, 0.1) is 5.25 Å². The van der Waals surface area contributed by atoms with Crippen LogP contribution >= 0.6 is 11.8 Å². The maximum Gasteiger partial charge on any atom is 0.277 e. The minimum absolute atomic E-state index is 0.109. The van der Waals surface area contributed by atoms with Gasteiger partial charge < -0.3 is 8.83 Å². The van der Waals surface area contributed by atoms with E-state index in [-0.39, 0.29) is 5.25 Å². The molecule has 4 aromatic rings. The standard InChI is InChI=1S/C20H18N4O2S/c1-12-9-13(2)11-16(10-12)19-23-24-20(26-19)27-14(3)17-21-22-18(25-17)15-7-5-4-6-8-15/h4-11,14H,1-3H3. The maximum absolute atomic E-state index is 5.81. The van der Waals surface area contributed by atoms with Crippen molar-refractivity contribution in [1.82, 2.24) is 20.4 Å². The van der Waals surface area contributed by atoms with E-state index < -0.39 is 0 Å². The van der Waals surface area contributed by atoms with Crippen LogP contribution in [0.25, 0.3) is 22.9 Å². The first-order valence-electron chi connectivity index (χ1n) is 8.56. The van der Waals surface area contributed by atoms with Gasteiger partial charge in [0.1, 0.15) is 0 Å². The Morgan fingerprint density at radius 2 is 1.44 bits per heavy atom. The number of thioether (sulfide) groups is 1. The fourth-order valence-corrected chi connectivity index (χ4v) is 3.48. The van der Waals surface area contributed by atoms with Crippen molar-refractivity contribution in [2.75, 3.05) is 0 Å². The molecule has 4 rings (SSSR count). The summed E-state index contributed by atoms with van der Waals surface area (Å²) in [6, 6.07) is 15.9. The third kappa shape index (κ3) is 3.93. The van der Waals surface area contributed by atoms with Gasteiger partial charge in [0.2, 0.25) is 17.7 Å². The van der Waals surface area contributed by atoms with E-state index in [0.29, 0.717) is 22.9 Å². The molecular weight excluding hydrogens is 360 g/mol. The highest BCUT2D eigenvalue weighted by Gasteiger charge is 2.20. The average molecular weight is 378 g/mol. The molecular formula is C20H18N4O2S. The molecule has 6 nitrogen and oxygen atoms in total. The predicted octanol–water partition coefficient (Wildman–Crippen LogP) is 5.26. The molecule has 0 saturated heterocycles. The van der Waals surface area contributed by atoms with E-state index in [1.165, 1.54) is 11.8 Å². The van der Waals surface area contributed by atoms with Crippen molar-refractivity contribution >= 4 is 11.8 Å². The first-order chi connectivity index (χ1) is 13.1. The summed E-state index contributed by atoms with van der Waals surface area (Å²) in [5.74, 6) is 1.52. The van der Waals surface area contributed by atoms with Gasteiger partial charge in [-0.3, -0.25) is 0 Å². The molecule has 0 amide bonds. The summed E-state index contributed by atoms with van der Waals surface area (Å²) in [6.07, 6.45) is 0. The van der Waals surface area contributed by atoms with Crippen molar-refractivity contribution in [1.29, 1.82) is 0 Å². The fraction of sp³-hybridized carbons (Fsp3) is 0.200. The predicted molar refractivity (Wildman–Crippen MR) is 103 cm³/mol. The van der Waals surface area contributed by atoms with Crippen molar-refractivity contribution in [3.63, 3.8) is 0 Å². The van der Waals surface area contributed by atoms with Crippen molar-refractivity contribution in [2.24, 2.45) is 0 Å². The normalized spacial score (nSPS) is 12.3. The molecule has 1 unspecified atom stereocenters. The zero-order valence-electron chi connectivity index (χ0n) is 15.2. The Hall–Kier alpha value is -2.93. The summed E-state index contributed by atoms with van der Waals surface area (Å²) >= 11 is 1.39. The van der Waals surface area contributed by atoms with E-state index in [2.05, 4.69) is 26.5 Å². The molecule has 0 aliphatic heterocycles. The summed E-state index contributed by atoms with van der Waals surface area (Å²) in [6.45, 7) is 6.06. The molecule has 0 fully saturated rings. The van der Waals surface area contributed by atoms with Crippen LogP contribution in [0, 0.1) is 13.8 Å². The zero-order valence-corrected chi connectivity index (χ0v) is 16.0. The second-order valence-corrected chi connectivity index (χ2v) is 7.61. The molecule has 0 saturated carbocycles. The second kappa shape index (κ2) is 7.36. The van der Waals surface area contributed by atoms with Crippen molar-refractivity contribution < 1.29 is 8.83 Å². The van der Waals surface area contributed by atoms with Gasteiger partial charge in [0.15, 0.2) is 0 Å². The minimum Gasteiger partial charge on any atom is -0.419 e. The van der Waals surface area contributed by atoms with Crippen LogP contribution in [0.1, 0.15) is 29.2 Å². The SMILES string of the molecule is Cc1cc(C)cc(-c2nnc(SC(C)c3nnc(-c4ccccc4)o3)o2)c1. The van der Waals surface area contributed by atoms with Gasteiger partial charge in [-0.15, -0.1) is 20.4 Å². The van der Waals surface area contributed by atoms with E-state index in [1.807, 2.05) is 63.2 Å². The lowest BCUT2D eigenvalue weighted by Gasteiger charge is -2.02. The summed E-state index contributed by atoms with van der Waals surface area (Å²) in [5.41, 5.74) is 4.13. The Balaban J connectivity index is 1.50. The smallest absolute Gasteiger partial charge is 0.277 e. The Morgan fingerprint density at radius 1 is 0.778 bits per heavy atom. The molecule has 2 heterocycles. The summed E-state index contributed by atoms with van der Waals surface area (Å²) < 4.78 is 11.6. The lowest BCUT2D eigenvalue weighted by Crippen LogP contribution is -1.88. The first kappa shape index (κ1) is 17.5. The Bertz CT molecular complexity index is 1040. The van der Waals surface area contributed by atoms with Crippen LogP contribution in [0.5, 0.6) is 0 Å². The van der Waals surface area contributed by atoms with E-state index in [9.17, 15) is 0 Å². The van der Waals surface area contributed by atoms with Crippen molar-refractivity contribution in [3.05, 3.63) is 65.5 Å². The molecule has 0 aliphatic carbocycles. The van der Waals surface area contributed by atoms with Gasteiger partial charge in [-0.2, -0.15) is 0 Å². The van der Waals surface area contributed by atoms with E-state index >= 15 is 0 Å². The molecule has 0 aliphatic rings. The number of aromatic nitrogens is 4. The Morgan fingerprint density at radius 3 is 2.19 bits per heavy atom. The molecule has 136 valence electrons. The number of aryl methyl sites for hydroxylation is 2.